The molecule has 100 valence electrons. The molecule has 19 heavy (non-hydrogen) atoms. The highest BCUT2D eigenvalue weighted by molar-refractivity contribution is 7.12. The van der Waals surface area contributed by atoms with Crippen molar-refractivity contribution in [1.29, 1.82) is 0 Å². The van der Waals surface area contributed by atoms with Crippen LogP contribution in [0, 0.1) is 0 Å². The van der Waals surface area contributed by atoms with E-state index in [1.165, 1.54) is 11.3 Å². The molecule has 0 amide bonds. The first-order valence-electron chi connectivity index (χ1n) is 5.71. The van der Waals surface area contributed by atoms with E-state index in [2.05, 4.69) is 0 Å². The standard InChI is InChI=1S/C14H14O4S/c1-17-8-10-3-2-4-12(7-10)18-9-11-5-6-19-13(11)14(15)16/h2-7H,8-9H2,1H3,(H,15,16). The Labute approximate surface area is 115 Å². The molecular weight excluding hydrogens is 264 g/mol. The quantitative estimate of drug-likeness (QED) is 0.881. The van der Waals surface area contributed by atoms with Crippen LogP contribution in [0.3, 0.4) is 0 Å². The van der Waals surface area contributed by atoms with Crippen LogP contribution in [0.15, 0.2) is 35.7 Å². The molecule has 5 heteroatoms. The summed E-state index contributed by atoms with van der Waals surface area (Å²) in [6, 6.07) is 9.33. The Morgan fingerprint density at radius 1 is 1.32 bits per heavy atom. The largest absolute Gasteiger partial charge is 0.489 e. The molecule has 0 unspecified atom stereocenters. The van der Waals surface area contributed by atoms with Crippen LogP contribution in [-0.4, -0.2) is 18.2 Å². The fourth-order valence-corrected chi connectivity index (χ4v) is 2.44. The van der Waals surface area contributed by atoms with Gasteiger partial charge in [-0.3, -0.25) is 0 Å². The van der Waals surface area contributed by atoms with Gasteiger partial charge in [-0.2, -0.15) is 0 Å². The summed E-state index contributed by atoms with van der Waals surface area (Å²) < 4.78 is 10.7. The molecule has 2 aromatic rings. The zero-order valence-corrected chi connectivity index (χ0v) is 11.3. The second-order valence-electron chi connectivity index (χ2n) is 3.95. The van der Waals surface area contributed by atoms with Gasteiger partial charge in [0.15, 0.2) is 0 Å². The van der Waals surface area contributed by atoms with Crippen LogP contribution in [0.5, 0.6) is 5.75 Å². The maximum atomic E-state index is 11.0. The lowest BCUT2D eigenvalue weighted by atomic mass is 10.2. The third-order valence-corrected chi connectivity index (χ3v) is 3.49. The van der Waals surface area contributed by atoms with Crippen molar-refractivity contribution in [2.24, 2.45) is 0 Å². The predicted octanol–water partition coefficient (Wildman–Crippen LogP) is 3.17. The predicted molar refractivity (Wildman–Crippen MR) is 72.8 cm³/mol. The first-order valence-corrected chi connectivity index (χ1v) is 6.59. The number of rotatable bonds is 6. The fourth-order valence-electron chi connectivity index (χ4n) is 1.69. The molecule has 0 aliphatic heterocycles. The minimum Gasteiger partial charge on any atom is -0.489 e. The van der Waals surface area contributed by atoms with Crippen molar-refractivity contribution in [3.8, 4) is 5.75 Å². The number of thiophene rings is 1. The van der Waals surface area contributed by atoms with Gasteiger partial charge < -0.3 is 14.6 Å². The number of carboxylic acids is 1. The van der Waals surface area contributed by atoms with Crippen molar-refractivity contribution in [2.45, 2.75) is 13.2 Å². The Morgan fingerprint density at radius 2 is 2.16 bits per heavy atom. The molecule has 0 fully saturated rings. The molecule has 1 heterocycles. The lowest BCUT2D eigenvalue weighted by molar-refractivity contribution is 0.0699. The Hall–Kier alpha value is -1.85. The minimum absolute atomic E-state index is 0.252. The van der Waals surface area contributed by atoms with Crippen LogP contribution >= 0.6 is 11.3 Å². The van der Waals surface area contributed by atoms with Crippen LogP contribution in [0.2, 0.25) is 0 Å². The molecule has 0 aliphatic carbocycles. The van der Waals surface area contributed by atoms with Crippen molar-refractivity contribution in [2.75, 3.05) is 7.11 Å². The molecule has 0 saturated heterocycles. The summed E-state index contributed by atoms with van der Waals surface area (Å²) >= 11 is 1.20. The third kappa shape index (κ3) is 3.56. The van der Waals surface area contributed by atoms with Gasteiger partial charge >= 0.3 is 5.97 Å². The smallest absolute Gasteiger partial charge is 0.346 e. The average Bonchev–Trinajstić information content (AvgIpc) is 2.86. The van der Waals surface area contributed by atoms with Gasteiger partial charge in [-0.1, -0.05) is 12.1 Å². The monoisotopic (exact) mass is 278 g/mol. The minimum atomic E-state index is -0.915. The summed E-state index contributed by atoms with van der Waals surface area (Å²) in [5, 5.41) is 10.8. The molecule has 0 saturated carbocycles. The third-order valence-electron chi connectivity index (χ3n) is 2.54. The van der Waals surface area contributed by atoms with Crippen LogP contribution < -0.4 is 4.74 Å². The van der Waals surface area contributed by atoms with E-state index in [1.54, 1.807) is 18.6 Å². The first kappa shape index (κ1) is 13.6. The molecule has 0 spiro atoms. The zero-order valence-electron chi connectivity index (χ0n) is 10.5. The number of methoxy groups -OCH3 is 1. The van der Waals surface area contributed by atoms with E-state index >= 15 is 0 Å². The normalized spacial score (nSPS) is 10.4. The summed E-state index contributed by atoms with van der Waals surface area (Å²) in [7, 11) is 1.64. The molecule has 2 rings (SSSR count). The molecule has 0 aliphatic rings. The molecular formula is C14H14O4S. The van der Waals surface area contributed by atoms with E-state index in [0.29, 0.717) is 22.8 Å². The molecule has 0 bridgehead atoms. The van der Waals surface area contributed by atoms with Gasteiger partial charge in [0.25, 0.3) is 0 Å². The molecule has 1 aromatic carbocycles. The first-order chi connectivity index (χ1) is 9.20. The summed E-state index contributed by atoms with van der Waals surface area (Å²) in [6.45, 7) is 0.775. The van der Waals surface area contributed by atoms with Gasteiger partial charge in [0.2, 0.25) is 0 Å². The van der Waals surface area contributed by atoms with Crippen LogP contribution in [0.1, 0.15) is 20.8 Å². The van der Waals surface area contributed by atoms with E-state index in [9.17, 15) is 4.79 Å². The zero-order chi connectivity index (χ0) is 13.7. The molecule has 4 nitrogen and oxygen atoms in total. The lowest BCUT2D eigenvalue weighted by Crippen LogP contribution is -2.02. The van der Waals surface area contributed by atoms with E-state index in [1.807, 2.05) is 24.3 Å². The van der Waals surface area contributed by atoms with Gasteiger partial charge in [-0.25, -0.2) is 4.79 Å². The van der Waals surface area contributed by atoms with Gasteiger partial charge in [-0.05, 0) is 29.1 Å². The highest BCUT2D eigenvalue weighted by atomic mass is 32.1. The summed E-state index contributed by atoms with van der Waals surface area (Å²) in [5.41, 5.74) is 1.71. The van der Waals surface area contributed by atoms with E-state index in [-0.39, 0.29) is 6.61 Å². The molecule has 0 radical (unpaired) electrons. The Morgan fingerprint density at radius 3 is 2.89 bits per heavy atom. The second-order valence-corrected chi connectivity index (χ2v) is 4.87. The molecule has 0 atom stereocenters. The molecule has 1 N–H and O–H groups in total. The Bertz CT molecular complexity index is 562. The summed E-state index contributed by atoms with van der Waals surface area (Å²) in [4.78, 5) is 11.3. The van der Waals surface area contributed by atoms with E-state index in [4.69, 9.17) is 14.6 Å². The topological polar surface area (TPSA) is 55.8 Å². The molecule has 1 aromatic heterocycles. The van der Waals surface area contributed by atoms with E-state index < -0.39 is 5.97 Å². The van der Waals surface area contributed by atoms with Gasteiger partial charge in [0, 0.05) is 12.7 Å². The number of carbonyl (C=O) groups is 1. The number of hydrogen-bond donors (Lipinski definition) is 1. The highest BCUT2D eigenvalue weighted by Gasteiger charge is 2.11. The second kappa shape index (κ2) is 6.36. The maximum Gasteiger partial charge on any atom is 0.346 e. The Kier molecular flexibility index (Phi) is 4.54. The van der Waals surface area contributed by atoms with Crippen molar-refractivity contribution in [1.82, 2.24) is 0 Å². The number of aromatic carboxylic acids is 1. The maximum absolute atomic E-state index is 11.0. The van der Waals surface area contributed by atoms with Gasteiger partial charge in [0.1, 0.15) is 17.2 Å². The van der Waals surface area contributed by atoms with Crippen LogP contribution in [0.25, 0.3) is 0 Å². The summed E-state index contributed by atoms with van der Waals surface area (Å²) in [6.07, 6.45) is 0. The van der Waals surface area contributed by atoms with Gasteiger partial charge in [-0.15, -0.1) is 11.3 Å². The number of carboxylic acid groups (broad SMARTS) is 1. The number of ether oxygens (including phenoxy) is 2. The number of hydrogen-bond acceptors (Lipinski definition) is 4. The van der Waals surface area contributed by atoms with Crippen molar-refractivity contribution >= 4 is 17.3 Å². The van der Waals surface area contributed by atoms with Crippen molar-refractivity contribution in [3.05, 3.63) is 51.7 Å². The van der Waals surface area contributed by atoms with Crippen LogP contribution in [0.4, 0.5) is 0 Å². The number of benzene rings is 1. The van der Waals surface area contributed by atoms with Crippen molar-refractivity contribution < 1.29 is 19.4 Å². The van der Waals surface area contributed by atoms with Crippen molar-refractivity contribution in [3.63, 3.8) is 0 Å². The Balaban J connectivity index is 2.04. The SMILES string of the molecule is COCc1cccc(OCc2ccsc2C(=O)O)c1. The van der Waals surface area contributed by atoms with Gasteiger partial charge in [0.05, 0.1) is 6.61 Å². The average molecular weight is 278 g/mol. The fraction of sp³-hybridized carbons (Fsp3) is 0.214. The summed E-state index contributed by atoms with van der Waals surface area (Å²) in [5.74, 6) is -0.209. The lowest BCUT2D eigenvalue weighted by Gasteiger charge is -2.07. The van der Waals surface area contributed by atoms with Crippen LogP contribution in [-0.2, 0) is 18.0 Å². The van der Waals surface area contributed by atoms with E-state index in [0.717, 1.165) is 5.56 Å². The highest BCUT2D eigenvalue weighted by Crippen LogP contribution is 2.20.